The van der Waals surface area contributed by atoms with E-state index in [0.29, 0.717) is 28.3 Å². The Kier molecular flexibility index (Phi) is 6.08. The van der Waals surface area contributed by atoms with E-state index >= 15 is 0 Å². The minimum Gasteiger partial charge on any atom is -0.493 e. The zero-order chi connectivity index (χ0) is 17.5. The highest BCUT2D eigenvalue weighted by molar-refractivity contribution is 8.15. The Balaban J connectivity index is 1.58. The van der Waals surface area contributed by atoms with Crippen molar-refractivity contribution in [2.45, 2.75) is 13.0 Å². The smallest absolute Gasteiger partial charge is 0.236 e. The second kappa shape index (κ2) is 8.68. The number of ether oxygens (including phenoxy) is 1. The van der Waals surface area contributed by atoms with Crippen LogP contribution in [0, 0.1) is 0 Å². The van der Waals surface area contributed by atoms with Crippen LogP contribution in [-0.4, -0.2) is 39.2 Å². The van der Waals surface area contributed by atoms with Crippen molar-refractivity contribution in [3.05, 3.63) is 47.5 Å². The van der Waals surface area contributed by atoms with Crippen LogP contribution in [0.25, 0.3) is 0 Å². The molecule has 1 saturated heterocycles. The lowest BCUT2D eigenvalue weighted by atomic mass is 10.2. The van der Waals surface area contributed by atoms with Gasteiger partial charge in [-0.15, -0.1) is 5.10 Å². The summed E-state index contributed by atoms with van der Waals surface area (Å²) in [6, 6.07) is 5.33. The molecule has 1 aromatic carbocycles. The van der Waals surface area contributed by atoms with Crippen LogP contribution in [0.15, 0.2) is 47.1 Å². The monoisotopic (exact) mass is 377 g/mol. The highest BCUT2D eigenvalue weighted by Gasteiger charge is 2.16. The number of halogens is 1. The third-order valence-electron chi connectivity index (χ3n) is 3.28. The van der Waals surface area contributed by atoms with Crippen LogP contribution in [0.5, 0.6) is 5.75 Å². The normalized spacial score (nSPS) is 15.9. The first-order valence-corrected chi connectivity index (χ1v) is 8.99. The number of nitrogens with zero attached hydrogens (tertiary/aromatic N) is 4. The molecule has 1 aromatic heterocycles. The maximum atomic E-state index is 11.1. The van der Waals surface area contributed by atoms with Crippen LogP contribution in [0.3, 0.4) is 0 Å². The molecule has 1 fully saturated rings. The minimum absolute atomic E-state index is 0.0661. The summed E-state index contributed by atoms with van der Waals surface area (Å²) in [7, 11) is 0. The van der Waals surface area contributed by atoms with Crippen molar-refractivity contribution in [3.63, 3.8) is 0 Å². The van der Waals surface area contributed by atoms with Gasteiger partial charge in [-0.2, -0.15) is 5.10 Å². The van der Waals surface area contributed by atoms with Crippen molar-refractivity contribution >= 4 is 40.7 Å². The maximum absolute atomic E-state index is 11.1. The summed E-state index contributed by atoms with van der Waals surface area (Å²) in [6.07, 6.45) is 7.86. The topological polar surface area (TPSA) is 80.9 Å². The van der Waals surface area contributed by atoms with Crippen LogP contribution in [0.1, 0.15) is 12.0 Å². The van der Waals surface area contributed by atoms with Crippen LogP contribution >= 0.6 is 23.4 Å². The highest BCUT2D eigenvalue weighted by atomic mass is 35.5. The van der Waals surface area contributed by atoms with Gasteiger partial charge in [0.2, 0.25) is 5.91 Å². The summed E-state index contributed by atoms with van der Waals surface area (Å²) in [6.45, 7) is 1.39. The molecule has 0 spiro atoms. The number of hydrogen-bond acceptors (Lipinski definition) is 6. The number of thioether (sulfide) groups is 1. The molecular formula is C16H16ClN5O2S. The van der Waals surface area contributed by atoms with Crippen LogP contribution in [-0.2, 0) is 11.3 Å². The number of carbonyl (C=O) groups excluding carboxylic acids is 1. The van der Waals surface area contributed by atoms with Crippen LogP contribution < -0.4 is 10.1 Å². The minimum atomic E-state index is -0.0661. The zero-order valence-corrected chi connectivity index (χ0v) is 14.8. The fourth-order valence-electron chi connectivity index (χ4n) is 2.12. The number of hydrogen-bond donors (Lipinski definition) is 1. The van der Waals surface area contributed by atoms with Gasteiger partial charge in [-0.3, -0.25) is 4.79 Å². The molecule has 1 amide bonds. The molecule has 130 valence electrons. The number of amides is 1. The number of aromatic nitrogens is 2. The number of carbonyl (C=O) groups is 1. The van der Waals surface area contributed by atoms with E-state index in [1.54, 1.807) is 36.9 Å². The van der Waals surface area contributed by atoms with Gasteiger partial charge in [0, 0.05) is 29.5 Å². The van der Waals surface area contributed by atoms with Crippen molar-refractivity contribution in [2.75, 3.05) is 12.4 Å². The van der Waals surface area contributed by atoms with Gasteiger partial charge in [-0.05, 0) is 24.6 Å². The van der Waals surface area contributed by atoms with E-state index in [0.717, 1.165) is 18.5 Å². The first-order chi connectivity index (χ1) is 12.2. The number of amidine groups is 1. The van der Waals surface area contributed by atoms with Crippen molar-refractivity contribution in [3.8, 4) is 5.75 Å². The van der Waals surface area contributed by atoms with Crippen LogP contribution in [0.2, 0.25) is 5.02 Å². The third-order valence-corrected chi connectivity index (χ3v) is 4.38. The molecule has 7 nitrogen and oxygen atoms in total. The quantitative estimate of drug-likeness (QED) is 0.457. The first-order valence-electron chi connectivity index (χ1n) is 7.62. The molecule has 0 radical (unpaired) electrons. The Hall–Kier alpha value is -2.32. The Morgan fingerprint density at radius 3 is 3.16 bits per heavy atom. The second-order valence-corrected chi connectivity index (χ2v) is 6.57. The predicted octanol–water partition coefficient (Wildman–Crippen LogP) is 2.56. The van der Waals surface area contributed by atoms with Gasteiger partial charge in [-0.1, -0.05) is 23.4 Å². The average molecular weight is 378 g/mol. The van der Waals surface area contributed by atoms with E-state index < -0.39 is 0 Å². The summed E-state index contributed by atoms with van der Waals surface area (Å²) in [4.78, 5) is 15.1. The first kappa shape index (κ1) is 17.5. The summed E-state index contributed by atoms with van der Waals surface area (Å²) < 4.78 is 7.82. The van der Waals surface area contributed by atoms with Crippen molar-refractivity contribution in [2.24, 2.45) is 10.2 Å². The van der Waals surface area contributed by atoms with E-state index in [1.165, 1.54) is 11.8 Å². The third kappa shape index (κ3) is 5.33. The molecule has 25 heavy (non-hydrogen) atoms. The van der Waals surface area contributed by atoms with Crippen LogP contribution in [0.4, 0.5) is 0 Å². The standard InChI is InChI=1S/C16H16ClN5O2S/c17-13-2-3-14(24-7-1-5-22-6-4-18-11-22)12(8-13)9-19-21-16-20-15(23)10-25-16/h2-4,6,8-9,11H,1,5,7,10H2,(H,20,21,23). The molecule has 2 heterocycles. The summed E-state index contributed by atoms with van der Waals surface area (Å²) in [5, 5.41) is 11.7. The molecule has 2 aromatic rings. The fraction of sp³-hybridized carbons (Fsp3) is 0.250. The summed E-state index contributed by atoms with van der Waals surface area (Å²) in [5.41, 5.74) is 0.730. The molecule has 3 rings (SSSR count). The predicted molar refractivity (Wildman–Crippen MR) is 99.4 cm³/mol. The lowest BCUT2D eigenvalue weighted by Crippen LogP contribution is -2.19. The molecule has 0 aliphatic carbocycles. The largest absolute Gasteiger partial charge is 0.493 e. The van der Waals surface area contributed by atoms with Gasteiger partial charge in [0.05, 0.1) is 24.9 Å². The van der Waals surface area contributed by atoms with Gasteiger partial charge in [-0.25, -0.2) is 4.98 Å². The van der Waals surface area contributed by atoms with E-state index in [9.17, 15) is 4.79 Å². The Labute approximate surface area is 154 Å². The number of nitrogens with one attached hydrogen (secondary N) is 1. The van der Waals surface area contributed by atoms with Crippen molar-refractivity contribution in [1.82, 2.24) is 14.9 Å². The van der Waals surface area contributed by atoms with E-state index in [4.69, 9.17) is 16.3 Å². The molecule has 0 atom stereocenters. The van der Waals surface area contributed by atoms with Gasteiger partial charge in [0.1, 0.15) is 5.75 Å². The SMILES string of the molecule is O=C1CSC(=NN=Cc2cc(Cl)ccc2OCCCn2ccnc2)N1. The van der Waals surface area contributed by atoms with Gasteiger partial charge in [0.25, 0.3) is 0 Å². The van der Waals surface area contributed by atoms with E-state index in [2.05, 4.69) is 20.5 Å². The Morgan fingerprint density at radius 2 is 2.40 bits per heavy atom. The zero-order valence-electron chi connectivity index (χ0n) is 13.3. The van der Waals surface area contributed by atoms with E-state index in [1.807, 2.05) is 10.8 Å². The maximum Gasteiger partial charge on any atom is 0.236 e. The number of rotatable bonds is 7. The second-order valence-electron chi connectivity index (χ2n) is 5.17. The molecule has 0 bridgehead atoms. The molecule has 9 heteroatoms. The Morgan fingerprint density at radius 1 is 1.48 bits per heavy atom. The molecule has 1 N–H and O–H groups in total. The summed E-state index contributed by atoms with van der Waals surface area (Å²) in [5.74, 6) is 0.988. The number of imidazole rings is 1. The average Bonchev–Trinajstić information content (AvgIpc) is 3.25. The van der Waals surface area contributed by atoms with Gasteiger partial charge < -0.3 is 14.6 Å². The molecule has 1 aliphatic rings. The highest BCUT2D eigenvalue weighted by Crippen LogP contribution is 2.22. The lowest BCUT2D eigenvalue weighted by molar-refractivity contribution is -0.116. The van der Waals surface area contributed by atoms with Gasteiger partial charge in [0.15, 0.2) is 5.17 Å². The Bertz CT molecular complexity index is 792. The molecule has 1 aliphatic heterocycles. The molecular weight excluding hydrogens is 362 g/mol. The van der Waals surface area contributed by atoms with Crippen molar-refractivity contribution < 1.29 is 9.53 Å². The van der Waals surface area contributed by atoms with Crippen molar-refractivity contribution in [1.29, 1.82) is 0 Å². The molecule has 0 saturated carbocycles. The van der Waals surface area contributed by atoms with E-state index in [-0.39, 0.29) is 5.91 Å². The summed E-state index contributed by atoms with van der Waals surface area (Å²) >= 11 is 7.37. The lowest BCUT2D eigenvalue weighted by Gasteiger charge is -2.09. The number of aryl methyl sites for hydroxylation is 1. The number of benzene rings is 1. The van der Waals surface area contributed by atoms with Gasteiger partial charge >= 0.3 is 0 Å². The fourth-order valence-corrected chi connectivity index (χ4v) is 2.93. The molecule has 0 unspecified atom stereocenters.